The summed E-state index contributed by atoms with van der Waals surface area (Å²) >= 11 is 1.58. The molecule has 1 atom stereocenters. The van der Waals surface area contributed by atoms with E-state index in [9.17, 15) is 0 Å². The van der Waals surface area contributed by atoms with E-state index in [0.29, 0.717) is 18.1 Å². The molecule has 0 saturated carbocycles. The smallest absolute Gasteiger partial charge is 0.229 e. The van der Waals surface area contributed by atoms with E-state index >= 15 is 0 Å². The number of aryl methyl sites for hydroxylation is 2. The molecule has 4 N–H and O–H groups in total. The van der Waals surface area contributed by atoms with Gasteiger partial charge < -0.3 is 20.5 Å². The molecule has 0 unspecified atom stereocenters. The van der Waals surface area contributed by atoms with Crippen LogP contribution in [-0.2, 0) is 6.42 Å². The molecule has 5 rings (SSSR count). The number of halogens is 1. The van der Waals surface area contributed by atoms with E-state index in [4.69, 9.17) is 20.7 Å². The highest BCUT2D eigenvalue weighted by Crippen LogP contribution is 2.29. The first-order valence-corrected chi connectivity index (χ1v) is 12.2. The van der Waals surface area contributed by atoms with Crippen molar-refractivity contribution in [3.05, 3.63) is 64.9 Å². The van der Waals surface area contributed by atoms with Crippen molar-refractivity contribution in [2.24, 2.45) is 5.73 Å². The van der Waals surface area contributed by atoms with Crippen molar-refractivity contribution < 1.29 is 4.52 Å². The van der Waals surface area contributed by atoms with Gasteiger partial charge in [0.1, 0.15) is 0 Å². The van der Waals surface area contributed by atoms with Crippen LogP contribution in [0.15, 0.2) is 52.4 Å². The van der Waals surface area contributed by atoms with Crippen LogP contribution in [0.2, 0.25) is 0 Å². The molecule has 0 radical (unpaired) electrons. The van der Waals surface area contributed by atoms with Gasteiger partial charge in [0.25, 0.3) is 0 Å². The molecule has 0 bridgehead atoms. The second kappa shape index (κ2) is 10.5. The van der Waals surface area contributed by atoms with Crippen molar-refractivity contribution in [2.75, 3.05) is 11.9 Å². The largest absolute Gasteiger partial charge is 0.370 e. The maximum atomic E-state index is 7.72. The first kappa shape index (κ1) is 24.7. The number of anilines is 2. The zero-order valence-electron chi connectivity index (χ0n) is 19.6. The first-order valence-electron chi connectivity index (χ1n) is 11.3. The van der Waals surface area contributed by atoms with Crippen LogP contribution in [0.5, 0.6) is 0 Å². The Morgan fingerprint density at radius 1 is 1.14 bits per heavy atom. The lowest BCUT2D eigenvalue weighted by atomic mass is 10.1. The van der Waals surface area contributed by atoms with Crippen LogP contribution in [-0.4, -0.2) is 38.6 Å². The molecule has 1 saturated heterocycles. The predicted molar refractivity (Wildman–Crippen MR) is 143 cm³/mol. The molecule has 0 spiro atoms. The third-order valence-electron chi connectivity index (χ3n) is 6.27. The van der Waals surface area contributed by atoms with Gasteiger partial charge in [0, 0.05) is 41.2 Å². The molecule has 1 aliphatic heterocycles. The van der Waals surface area contributed by atoms with Crippen LogP contribution < -0.4 is 11.1 Å². The molecule has 10 heteroatoms. The fraction of sp³-hybridized carbons (Fsp3) is 0.280. The highest BCUT2D eigenvalue weighted by atomic mass is 35.5. The molecule has 182 valence electrons. The maximum Gasteiger partial charge on any atom is 0.229 e. The summed E-state index contributed by atoms with van der Waals surface area (Å²) in [4.78, 5) is 11.2. The molecule has 1 fully saturated rings. The molecule has 2 aromatic heterocycles. The Morgan fingerprint density at radius 2 is 1.91 bits per heavy atom. The number of hydrogen-bond donors (Lipinski definition) is 3. The van der Waals surface area contributed by atoms with Crippen LogP contribution in [0.25, 0.3) is 22.6 Å². The number of hydrogen-bond acceptors (Lipinski definition) is 7. The summed E-state index contributed by atoms with van der Waals surface area (Å²) in [6.45, 7) is 5.04. The molecular formula is C25H28ClN7OS. The Bertz CT molecular complexity index is 1320. The standard InChI is InChI=1S/C25H27N7OS.ClH/c1-15-5-6-18(12-16(15)2)21-14-34-25(29-21)28-19-9-7-17(8-10-19)23-30-22(33-31-23)13-20-4-3-11-32(20)24(26)27;/h5-10,12,14,20H,3-4,11,13H2,1-2H3,(H3,26,27)(H,28,29);1H/t20-;/m0./s1. The normalized spacial score (nSPS) is 15.1. The van der Waals surface area contributed by atoms with Gasteiger partial charge >= 0.3 is 0 Å². The quantitative estimate of drug-likeness (QED) is 0.230. The highest BCUT2D eigenvalue weighted by Gasteiger charge is 2.27. The van der Waals surface area contributed by atoms with Crippen molar-refractivity contribution >= 4 is 40.5 Å². The van der Waals surface area contributed by atoms with E-state index < -0.39 is 0 Å². The summed E-state index contributed by atoms with van der Waals surface area (Å²) in [6.07, 6.45) is 2.59. The van der Waals surface area contributed by atoms with E-state index in [1.54, 1.807) is 11.3 Å². The minimum Gasteiger partial charge on any atom is -0.370 e. The lowest BCUT2D eigenvalue weighted by Crippen LogP contribution is -2.41. The Morgan fingerprint density at radius 3 is 2.66 bits per heavy atom. The predicted octanol–water partition coefficient (Wildman–Crippen LogP) is 5.54. The van der Waals surface area contributed by atoms with Crippen molar-refractivity contribution in [2.45, 2.75) is 39.2 Å². The topological polar surface area (TPSA) is 117 Å². The minimum absolute atomic E-state index is 0. The van der Waals surface area contributed by atoms with E-state index in [1.807, 2.05) is 29.2 Å². The number of nitrogens with one attached hydrogen (secondary N) is 2. The molecule has 0 aliphatic carbocycles. The molecule has 8 nitrogen and oxygen atoms in total. The average molecular weight is 510 g/mol. The van der Waals surface area contributed by atoms with Gasteiger partial charge in [0.2, 0.25) is 11.7 Å². The number of nitrogens with zero attached hydrogens (tertiary/aromatic N) is 4. The van der Waals surface area contributed by atoms with E-state index in [1.165, 1.54) is 11.1 Å². The van der Waals surface area contributed by atoms with Gasteiger partial charge in [-0.05, 0) is 68.1 Å². The van der Waals surface area contributed by atoms with Crippen LogP contribution in [0, 0.1) is 19.3 Å². The second-order valence-electron chi connectivity index (χ2n) is 8.63. The number of guanidine groups is 1. The summed E-state index contributed by atoms with van der Waals surface area (Å²) in [6, 6.07) is 14.5. The van der Waals surface area contributed by atoms with Crippen molar-refractivity contribution in [1.29, 1.82) is 5.41 Å². The number of rotatable bonds is 6. The minimum atomic E-state index is 0. The number of nitrogens with two attached hydrogens (primary N) is 1. The number of benzene rings is 2. The van der Waals surface area contributed by atoms with Crippen molar-refractivity contribution in [3.8, 4) is 22.6 Å². The van der Waals surface area contributed by atoms with Crippen LogP contribution in [0.3, 0.4) is 0 Å². The van der Waals surface area contributed by atoms with Crippen molar-refractivity contribution in [3.63, 3.8) is 0 Å². The lowest BCUT2D eigenvalue weighted by molar-refractivity contribution is 0.320. The van der Waals surface area contributed by atoms with Gasteiger partial charge in [-0.15, -0.1) is 23.7 Å². The number of thiazole rings is 1. The zero-order chi connectivity index (χ0) is 23.7. The molecule has 4 aromatic rings. The summed E-state index contributed by atoms with van der Waals surface area (Å²) in [5.41, 5.74) is 12.1. The highest BCUT2D eigenvalue weighted by molar-refractivity contribution is 7.14. The fourth-order valence-electron chi connectivity index (χ4n) is 4.21. The number of likely N-dealkylation sites (tertiary alicyclic amines) is 1. The van der Waals surface area contributed by atoms with Gasteiger partial charge in [-0.25, -0.2) is 4.98 Å². The summed E-state index contributed by atoms with van der Waals surface area (Å²) in [7, 11) is 0. The van der Waals surface area contributed by atoms with E-state index in [0.717, 1.165) is 47.0 Å². The monoisotopic (exact) mass is 509 g/mol. The molecule has 35 heavy (non-hydrogen) atoms. The van der Waals surface area contributed by atoms with Gasteiger partial charge in [-0.2, -0.15) is 4.98 Å². The Balaban J connectivity index is 0.00000289. The maximum absolute atomic E-state index is 7.72. The Labute approximate surface area is 214 Å². The van der Waals surface area contributed by atoms with Crippen LogP contribution in [0.1, 0.15) is 29.9 Å². The first-order chi connectivity index (χ1) is 16.5. The molecule has 3 heterocycles. The second-order valence-corrected chi connectivity index (χ2v) is 9.49. The molecule has 2 aromatic carbocycles. The zero-order valence-corrected chi connectivity index (χ0v) is 21.2. The molecule has 0 amide bonds. The van der Waals surface area contributed by atoms with Crippen molar-refractivity contribution in [1.82, 2.24) is 20.0 Å². The summed E-state index contributed by atoms with van der Waals surface area (Å²) < 4.78 is 5.47. The van der Waals surface area contributed by atoms with E-state index in [-0.39, 0.29) is 24.4 Å². The van der Waals surface area contributed by atoms with Gasteiger partial charge in [0.05, 0.1) is 5.69 Å². The SMILES string of the molecule is Cc1ccc(-c2csc(Nc3ccc(-c4noc(C[C@@H]5CCCN5C(=N)N)n4)cc3)n2)cc1C.Cl. The molecule has 1 aliphatic rings. The average Bonchev–Trinajstić information content (AvgIpc) is 3.58. The summed E-state index contributed by atoms with van der Waals surface area (Å²) in [5, 5.41) is 18.1. The third kappa shape index (κ3) is 5.47. The van der Waals surface area contributed by atoms with Gasteiger partial charge in [-0.1, -0.05) is 17.3 Å². The Kier molecular flexibility index (Phi) is 7.37. The van der Waals surface area contributed by atoms with Crippen LogP contribution >= 0.6 is 23.7 Å². The van der Waals surface area contributed by atoms with E-state index in [2.05, 4.69) is 52.9 Å². The number of aromatic nitrogens is 3. The lowest BCUT2D eigenvalue weighted by Gasteiger charge is -2.23. The Hall–Kier alpha value is -3.43. The van der Waals surface area contributed by atoms with Gasteiger partial charge in [-0.3, -0.25) is 5.41 Å². The van der Waals surface area contributed by atoms with Gasteiger partial charge in [0.15, 0.2) is 11.1 Å². The van der Waals surface area contributed by atoms with Crippen LogP contribution in [0.4, 0.5) is 10.8 Å². The molecular weight excluding hydrogens is 482 g/mol. The summed E-state index contributed by atoms with van der Waals surface area (Å²) in [5.74, 6) is 1.23. The third-order valence-corrected chi connectivity index (χ3v) is 7.02. The fourth-order valence-corrected chi connectivity index (χ4v) is 4.95.